The van der Waals surface area contributed by atoms with E-state index in [0.29, 0.717) is 11.9 Å². The summed E-state index contributed by atoms with van der Waals surface area (Å²) in [4.78, 5) is 27.1. The summed E-state index contributed by atoms with van der Waals surface area (Å²) in [6.07, 6.45) is 6.25. The maximum atomic E-state index is 5.56. The third-order valence-electron chi connectivity index (χ3n) is 17.7. The minimum absolute atomic E-state index is 0.600. The number of allylic oxidation sites excluding steroid dienone is 1. The molecule has 17 aromatic rings. The summed E-state index contributed by atoms with van der Waals surface area (Å²) < 4.78 is 5.62. The number of nitrogens with zero attached hydrogens (tertiary/aromatic N) is 7. The molecular formula is C79H49N7S. The van der Waals surface area contributed by atoms with Crippen LogP contribution in [0.15, 0.2) is 267 Å². The fraction of sp³-hybridized carbons (Fsp3) is 0.0253. The number of aromatic nitrogens is 7. The number of thiazole rings is 1. The summed E-state index contributed by atoms with van der Waals surface area (Å²) in [7, 11) is 0. The van der Waals surface area contributed by atoms with Crippen LogP contribution in [-0.2, 0) is 6.42 Å². The van der Waals surface area contributed by atoms with Gasteiger partial charge in [0.05, 0.1) is 54.9 Å². The summed E-state index contributed by atoms with van der Waals surface area (Å²) in [5.41, 5.74) is 20.1. The molecule has 0 atom stereocenters. The first-order chi connectivity index (χ1) is 43.1. The molecule has 5 heterocycles. The molecule has 1 aliphatic carbocycles. The first kappa shape index (κ1) is 49.3. The van der Waals surface area contributed by atoms with Gasteiger partial charge in [0, 0.05) is 49.2 Å². The van der Waals surface area contributed by atoms with E-state index in [9.17, 15) is 0 Å². The SMILES string of the molecule is C1=Cc2nc(-n3c4ccccc4c4cc(-c5ccc6c(c5)c5cc7sc(-c8ccccc8)nc7cc5n6-c5nc(-c6ccc(-c7cccc8ccccc78)cc6)c6ccccc6n5)ccc43)nc(-c3ccc(-c4cccc5ccccc45)cc3)c2CC1. The van der Waals surface area contributed by atoms with Gasteiger partial charge in [-0.05, 0) is 122 Å². The number of fused-ring (bicyclic) bond motifs is 11. The molecule has 7 nitrogen and oxygen atoms in total. The molecule has 0 radical (unpaired) electrons. The van der Waals surface area contributed by atoms with E-state index in [1.54, 1.807) is 11.3 Å². The standard InChI is InChI=1S/C79H49N7S/c1-2-18-54(19-3-1)77-80-69-47-73-66(46-74(69)87-77)65-45-56(41-43-72(65)86(73)79-82-68-30-12-9-26-63(68)76(84-79)53-38-34-51(35-39-53)60-28-15-21-49-17-5-7-23-58(49)60)55-40-42-71-64(44-55)61-24-10-13-31-70(61)85(71)78-81-67-29-11-8-25-62(67)75(83-78)52-36-32-50(33-37-52)59-27-14-20-48-16-4-6-22-57(48)59/h1-7,9-24,26-47H,8,25H2. The Hall–Kier alpha value is -11.2. The van der Waals surface area contributed by atoms with Crippen LogP contribution in [0.5, 0.6) is 0 Å². The minimum atomic E-state index is 0.600. The highest BCUT2D eigenvalue weighted by molar-refractivity contribution is 7.21. The molecule has 0 spiro atoms. The van der Waals surface area contributed by atoms with Crippen molar-refractivity contribution in [2.24, 2.45) is 0 Å². The van der Waals surface area contributed by atoms with Crippen LogP contribution in [0.3, 0.4) is 0 Å². The monoisotopic (exact) mass is 1130 g/mol. The van der Waals surface area contributed by atoms with Crippen molar-refractivity contribution in [1.82, 2.24) is 34.1 Å². The lowest BCUT2D eigenvalue weighted by Gasteiger charge is -2.17. The Morgan fingerprint density at radius 3 is 1.54 bits per heavy atom. The van der Waals surface area contributed by atoms with Crippen molar-refractivity contribution >= 4 is 104 Å². The molecule has 0 unspecified atom stereocenters. The highest BCUT2D eigenvalue weighted by atomic mass is 32.1. The molecule has 12 aromatic carbocycles. The van der Waals surface area contributed by atoms with Gasteiger partial charge in [-0.3, -0.25) is 9.13 Å². The summed E-state index contributed by atoms with van der Waals surface area (Å²) in [5, 5.41) is 11.4. The van der Waals surface area contributed by atoms with Gasteiger partial charge in [0.25, 0.3) is 0 Å². The lowest BCUT2D eigenvalue weighted by atomic mass is 9.94. The zero-order valence-corrected chi connectivity index (χ0v) is 47.8. The molecule has 0 aliphatic heterocycles. The molecule has 1 aliphatic rings. The van der Waals surface area contributed by atoms with Crippen molar-refractivity contribution in [3.63, 3.8) is 0 Å². The maximum Gasteiger partial charge on any atom is 0.235 e. The van der Waals surface area contributed by atoms with E-state index < -0.39 is 0 Å². The smallest absolute Gasteiger partial charge is 0.235 e. The molecular weight excluding hydrogens is 1080 g/mol. The van der Waals surface area contributed by atoms with Gasteiger partial charge < -0.3 is 0 Å². The van der Waals surface area contributed by atoms with E-state index in [2.05, 4.69) is 282 Å². The average molecular weight is 1130 g/mol. The van der Waals surface area contributed by atoms with Crippen LogP contribution < -0.4 is 0 Å². The molecule has 0 saturated carbocycles. The molecule has 0 N–H and O–H groups in total. The summed E-state index contributed by atoms with van der Waals surface area (Å²) in [6, 6.07) is 93.7. The van der Waals surface area contributed by atoms with Gasteiger partial charge in [0.15, 0.2) is 0 Å². The second-order valence-corrected chi connectivity index (χ2v) is 23.7. The zero-order valence-electron chi connectivity index (χ0n) is 46.9. The van der Waals surface area contributed by atoms with Crippen molar-refractivity contribution in [3.05, 3.63) is 278 Å². The highest BCUT2D eigenvalue weighted by Gasteiger charge is 2.24. The molecule has 406 valence electrons. The van der Waals surface area contributed by atoms with E-state index in [4.69, 9.17) is 24.9 Å². The van der Waals surface area contributed by atoms with Crippen LogP contribution in [0.2, 0.25) is 0 Å². The molecule has 0 fully saturated rings. The number of benzene rings is 12. The highest BCUT2D eigenvalue weighted by Crippen LogP contribution is 2.43. The molecule has 87 heavy (non-hydrogen) atoms. The Morgan fingerprint density at radius 2 is 0.839 bits per heavy atom. The molecule has 5 aromatic heterocycles. The first-order valence-corrected chi connectivity index (χ1v) is 30.4. The van der Waals surface area contributed by atoms with Gasteiger partial charge >= 0.3 is 0 Å². The van der Waals surface area contributed by atoms with Crippen molar-refractivity contribution in [2.75, 3.05) is 0 Å². The number of hydrogen-bond donors (Lipinski definition) is 0. The van der Waals surface area contributed by atoms with E-state index in [0.717, 1.165) is 133 Å². The third-order valence-corrected chi connectivity index (χ3v) is 18.7. The fourth-order valence-corrected chi connectivity index (χ4v) is 14.5. The van der Waals surface area contributed by atoms with Gasteiger partial charge in [-0.15, -0.1) is 11.3 Å². The number of para-hydroxylation sites is 2. The molecule has 18 rings (SSSR count). The summed E-state index contributed by atoms with van der Waals surface area (Å²) >= 11 is 1.72. The van der Waals surface area contributed by atoms with Gasteiger partial charge in [-0.1, -0.05) is 218 Å². The van der Waals surface area contributed by atoms with Gasteiger partial charge in [0.1, 0.15) is 5.01 Å². The normalized spacial score (nSPS) is 12.5. The van der Waals surface area contributed by atoms with Gasteiger partial charge in [-0.2, -0.15) is 0 Å². The van der Waals surface area contributed by atoms with E-state index >= 15 is 0 Å². The van der Waals surface area contributed by atoms with E-state index in [1.165, 1.54) is 43.8 Å². The van der Waals surface area contributed by atoms with Gasteiger partial charge in [-0.25, -0.2) is 24.9 Å². The Kier molecular flexibility index (Phi) is 11.2. The van der Waals surface area contributed by atoms with Crippen molar-refractivity contribution < 1.29 is 0 Å². The third kappa shape index (κ3) is 8.06. The van der Waals surface area contributed by atoms with Crippen LogP contribution in [-0.4, -0.2) is 34.1 Å². The summed E-state index contributed by atoms with van der Waals surface area (Å²) in [5.74, 6) is 1.26. The Bertz CT molecular complexity index is 5690. The first-order valence-electron chi connectivity index (χ1n) is 29.6. The van der Waals surface area contributed by atoms with Gasteiger partial charge in [0.2, 0.25) is 11.9 Å². The Labute approximate surface area is 504 Å². The lowest BCUT2D eigenvalue weighted by Crippen LogP contribution is -2.09. The average Bonchev–Trinajstić information content (AvgIpc) is 1.92. The molecule has 0 amide bonds. The zero-order chi connectivity index (χ0) is 57.1. The van der Waals surface area contributed by atoms with Crippen LogP contribution >= 0.6 is 11.3 Å². The molecule has 0 saturated heterocycles. The van der Waals surface area contributed by atoms with Crippen molar-refractivity contribution in [3.8, 4) is 78.4 Å². The van der Waals surface area contributed by atoms with Crippen LogP contribution in [0.25, 0.3) is 171 Å². The largest absolute Gasteiger partial charge is 0.278 e. The fourth-order valence-electron chi connectivity index (χ4n) is 13.5. The van der Waals surface area contributed by atoms with Crippen molar-refractivity contribution in [2.45, 2.75) is 12.8 Å². The Morgan fingerprint density at radius 1 is 0.322 bits per heavy atom. The van der Waals surface area contributed by atoms with E-state index in [-0.39, 0.29) is 0 Å². The van der Waals surface area contributed by atoms with Crippen LogP contribution in [0.4, 0.5) is 0 Å². The van der Waals surface area contributed by atoms with Crippen molar-refractivity contribution in [1.29, 1.82) is 0 Å². The predicted molar refractivity (Wildman–Crippen MR) is 362 cm³/mol. The van der Waals surface area contributed by atoms with Crippen LogP contribution in [0.1, 0.15) is 17.7 Å². The summed E-state index contributed by atoms with van der Waals surface area (Å²) in [6.45, 7) is 0. The van der Waals surface area contributed by atoms with Crippen LogP contribution in [0, 0.1) is 0 Å². The second kappa shape index (κ2) is 19.7. The second-order valence-electron chi connectivity index (χ2n) is 22.6. The lowest BCUT2D eigenvalue weighted by molar-refractivity contribution is 0.909. The predicted octanol–water partition coefficient (Wildman–Crippen LogP) is 20.5. The molecule has 0 bridgehead atoms. The minimum Gasteiger partial charge on any atom is -0.278 e. The number of hydrogen-bond acceptors (Lipinski definition) is 6. The number of rotatable bonds is 8. The topological polar surface area (TPSA) is 74.3 Å². The quantitative estimate of drug-likeness (QED) is 0.152. The maximum absolute atomic E-state index is 5.56. The molecule has 8 heteroatoms. The Balaban J connectivity index is 0.779. The van der Waals surface area contributed by atoms with E-state index in [1.807, 2.05) is 0 Å².